The lowest BCUT2D eigenvalue weighted by Gasteiger charge is -2.21. The normalized spacial score (nSPS) is 11.0. The number of carbonyl (C=O) groups is 2. The van der Waals surface area contributed by atoms with Crippen LogP contribution in [0.5, 0.6) is 0 Å². The van der Waals surface area contributed by atoms with Crippen LogP contribution in [0.25, 0.3) is 0 Å². The van der Waals surface area contributed by atoms with Gasteiger partial charge in [-0.15, -0.1) is 0 Å². The minimum absolute atomic E-state index is 0.128. The Morgan fingerprint density at radius 1 is 1.65 bits per heavy atom. The van der Waals surface area contributed by atoms with Crippen LogP contribution in [0, 0.1) is 0 Å². The van der Waals surface area contributed by atoms with Crippen molar-refractivity contribution in [2.24, 2.45) is 0 Å². The highest BCUT2D eigenvalue weighted by atomic mass is 79.9. The number of alkyl halides is 2. The fourth-order valence-corrected chi connectivity index (χ4v) is 1.39. The number of aromatic nitrogens is 1. The van der Waals surface area contributed by atoms with Crippen molar-refractivity contribution in [2.45, 2.75) is 5.92 Å². The maximum atomic E-state index is 12.9. The Morgan fingerprint density at radius 2 is 2.29 bits per heavy atom. The van der Waals surface area contributed by atoms with Gasteiger partial charge in [0.1, 0.15) is 11.1 Å². The van der Waals surface area contributed by atoms with Gasteiger partial charge < -0.3 is 10.0 Å². The highest BCUT2D eigenvalue weighted by Gasteiger charge is 2.41. The van der Waals surface area contributed by atoms with Crippen molar-refractivity contribution in [3.05, 3.63) is 22.9 Å². The lowest BCUT2D eigenvalue weighted by Crippen LogP contribution is -2.42. The first-order valence-electron chi connectivity index (χ1n) is 4.31. The summed E-state index contributed by atoms with van der Waals surface area (Å²) in [5.41, 5.74) is 0.128. The zero-order chi connectivity index (χ0) is 13.1. The van der Waals surface area contributed by atoms with Crippen LogP contribution in [-0.2, 0) is 9.59 Å². The molecule has 0 unspecified atom stereocenters. The number of anilines is 1. The van der Waals surface area contributed by atoms with Gasteiger partial charge in [0.15, 0.2) is 0 Å². The first kappa shape index (κ1) is 13.5. The second-order valence-corrected chi connectivity index (χ2v) is 3.89. The summed E-state index contributed by atoms with van der Waals surface area (Å²) < 4.78 is 26.2. The molecule has 1 N–H and O–H groups in total. The molecule has 0 aliphatic carbocycles. The number of carbonyl (C=O) groups excluding carboxylic acids is 1. The van der Waals surface area contributed by atoms with E-state index in [-0.39, 0.29) is 12.1 Å². The fourth-order valence-electron chi connectivity index (χ4n) is 1.04. The van der Waals surface area contributed by atoms with Crippen LogP contribution in [0.1, 0.15) is 0 Å². The molecule has 0 saturated heterocycles. The molecule has 0 aliphatic heterocycles. The molecule has 1 aromatic rings. The molecule has 1 heterocycles. The molecular formula is C9H7BrF2N2O3. The third kappa shape index (κ3) is 3.45. The van der Waals surface area contributed by atoms with Crippen LogP contribution in [0.15, 0.2) is 22.9 Å². The lowest BCUT2D eigenvalue weighted by atomic mass is 10.3. The molecule has 92 valence electrons. The van der Waals surface area contributed by atoms with Gasteiger partial charge in [-0.25, -0.2) is 9.78 Å². The Hall–Kier alpha value is -1.57. The molecule has 0 atom stereocenters. The fraction of sp³-hybridized carbons (Fsp3) is 0.222. The molecule has 0 aromatic carbocycles. The third-order valence-corrected chi connectivity index (χ3v) is 2.28. The van der Waals surface area contributed by atoms with E-state index in [1.165, 1.54) is 18.3 Å². The zero-order valence-electron chi connectivity index (χ0n) is 8.31. The number of hydrogen-bond donors (Lipinski definition) is 1. The van der Waals surface area contributed by atoms with Gasteiger partial charge in [-0.3, -0.25) is 4.79 Å². The number of carboxylic acids is 1. The molecule has 1 amide bonds. The van der Waals surface area contributed by atoms with Gasteiger partial charge in [-0.1, -0.05) is 0 Å². The summed E-state index contributed by atoms with van der Waals surface area (Å²) in [6, 6.07) is 2.64. The number of halogens is 3. The van der Waals surface area contributed by atoms with Gasteiger partial charge >= 0.3 is 11.9 Å². The Morgan fingerprint density at radius 3 is 2.76 bits per heavy atom. The second kappa shape index (κ2) is 5.17. The summed E-state index contributed by atoms with van der Waals surface area (Å²) >= 11 is 3.01. The maximum Gasteiger partial charge on any atom is 0.376 e. The minimum atomic E-state index is -4.00. The van der Waals surface area contributed by atoms with E-state index >= 15 is 0 Å². The summed E-state index contributed by atoms with van der Waals surface area (Å²) in [6.07, 6.45) is 1.44. The number of hydrogen-bond acceptors (Lipinski definition) is 3. The topological polar surface area (TPSA) is 70.5 Å². The maximum absolute atomic E-state index is 12.9. The van der Waals surface area contributed by atoms with Gasteiger partial charge in [0.2, 0.25) is 6.41 Å². The molecule has 0 aliphatic rings. The van der Waals surface area contributed by atoms with Crippen LogP contribution in [0.2, 0.25) is 0 Å². The first-order chi connectivity index (χ1) is 7.86. The Labute approximate surface area is 103 Å². The number of nitrogens with zero attached hydrogens (tertiary/aromatic N) is 2. The van der Waals surface area contributed by atoms with Crippen LogP contribution >= 0.6 is 15.9 Å². The van der Waals surface area contributed by atoms with Crippen LogP contribution in [-0.4, -0.2) is 34.9 Å². The van der Waals surface area contributed by atoms with E-state index in [1.54, 1.807) is 0 Å². The highest BCUT2D eigenvalue weighted by Crippen LogP contribution is 2.21. The molecule has 0 saturated carbocycles. The van der Waals surface area contributed by atoms with E-state index in [9.17, 15) is 18.4 Å². The number of rotatable bonds is 5. The van der Waals surface area contributed by atoms with Gasteiger partial charge in [-0.05, 0) is 28.1 Å². The van der Waals surface area contributed by atoms with E-state index in [0.29, 0.717) is 9.50 Å². The molecule has 0 fully saturated rings. The van der Waals surface area contributed by atoms with Crippen molar-refractivity contribution in [2.75, 3.05) is 11.4 Å². The Kier molecular flexibility index (Phi) is 4.11. The van der Waals surface area contributed by atoms with Crippen molar-refractivity contribution in [1.82, 2.24) is 4.98 Å². The molecule has 0 spiro atoms. The second-order valence-electron chi connectivity index (χ2n) is 3.08. The molecule has 5 nitrogen and oxygen atoms in total. The largest absolute Gasteiger partial charge is 0.477 e. The van der Waals surface area contributed by atoms with E-state index < -0.39 is 18.4 Å². The van der Waals surface area contributed by atoms with Crippen LogP contribution in [0.4, 0.5) is 14.5 Å². The zero-order valence-corrected chi connectivity index (χ0v) is 9.89. The predicted octanol–water partition coefficient (Wildman–Crippen LogP) is 1.53. The lowest BCUT2D eigenvalue weighted by molar-refractivity contribution is -0.163. The molecule has 8 heteroatoms. The van der Waals surface area contributed by atoms with E-state index in [2.05, 4.69) is 20.9 Å². The summed E-state index contributed by atoms with van der Waals surface area (Å²) in [6.45, 7) is -1.23. The molecular weight excluding hydrogens is 302 g/mol. The predicted molar refractivity (Wildman–Crippen MR) is 57.9 cm³/mol. The smallest absolute Gasteiger partial charge is 0.376 e. The van der Waals surface area contributed by atoms with Crippen molar-refractivity contribution in [3.8, 4) is 0 Å². The standard InChI is InChI=1S/C9H7BrF2N2O3/c10-7-3-6(1-2-13-7)14(5-15)4-9(11,12)8(16)17/h1-3,5H,4H2,(H,16,17). The van der Waals surface area contributed by atoms with Crippen molar-refractivity contribution < 1.29 is 23.5 Å². The Balaban J connectivity index is 2.94. The van der Waals surface area contributed by atoms with Crippen molar-refractivity contribution in [3.63, 3.8) is 0 Å². The van der Waals surface area contributed by atoms with Gasteiger partial charge in [0, 0.05) is 11.9 Å². The molecule has 1 rings (SSSR count). The first-order valence-corrected chi connectivity index (χ1v) is 5.11. The summed E-state index contributed by atoms with van der Waals surface area (Å²) in [5, 5.41) is 8.27. The average molecular weight is 309 g/mol. The van der Waals surface area contributed by atoms with Gasteiger partial charge in [0.05, 0.1) is 0 Å². The quantitative estimate of drug-likeness (QED) is 0.661. The third-order valence-electron chi connectivity index (χ3n) is 1.85. The SMILES string of the molecule is O=CN(CC(F)(F)C(=O)O)c1ccnc(Br)c1. The summed E-state index contributed by atoms with van der Waals surface area (Å²) in [4.78, 5) is 25.3. The number of amides is 1. The minimum Gasteiger partial charge on any atom is -0.477 e. The van der Waals surface area contributed by atoms with Crippen molar-refractivity contribution in [1.29, 1.82) is 0 Å². The molecule has 1 aromatic heterocycles. The van der Waals surface area contributed by atoms with E-state index in [0.717, 1.165) is 0 Å². The highest BCUT2D eigenvalue weighted by molar-refractivity contribution is 9.10. The average Bonchev–Trinajstić information content (AvgIpc) is 2.25. The van der Waals surface area contributed by atoms with E-state index in [1.807, 2.05) is 0 Å². The monoisotopic (exact) mass is 308 g/mol. The number of carboxylic acid groups (broad SMARTS) is 1. The van der Waals surface area contributed by atoms with Gasteiger partial charge in [0.25, 0.3) is 0 Å². The molecule has 17 heavy (non-hydrogen) atoms. The number of pyridine rings is 1. The van der Waals surface area contributed by atoms with Crippen molar-refractivity contribution >= 4 is 34.0 Å². The number of aliphatic carboxylic acids is 1. The molecule has 0 bridgehead atoms. The summed E-state index contributed by atoms with van der Waals surface area (Å²) in [5.74, 6) is -6.28. The molecule has 0 radical (unpaired) electrons. The Bertz CT molecular complexity index is 442. The van der Waals surface area contributed by atoms with Crippen LogP contribution in [0.3, 0.4) is 0 Å². The van der Waals surface area contributed by atoms with Gasteiger partial charge in [-0.2, -0.15) is 8.78 Å². The van der Waals surface area contributed by atoms with Crippen LogP contribution < -0.4 is 4.90 Å². The van der Waals surface area contributed by atoms with E-state index in [4.69, 9.17) is 5.11 Å². The summed E-state index contributed by atoms with van der Waals surface area (Å²) in [7, 11) is 0.